The molecule has 1 aromatic rings. The van der Waals surface area contributed by atoms with Crippen molar-refractivity contribution >= 4 is 5.96 Å². The predicted molar refractivity (Wildman–Crippen MR) is 97.5 cm³/mol. The van der Waals surface area contributed by atoms with Crippen LogP contribution in [0.2, 0.25) is 0 Å². The fourth-order valence-corrected chi connectivity index (χ4v) is 3.96. The van der Waals surface area contributed by atoms with Crippen LogP contribution >= 0.6 is 0 Å². The van der Waals surface area contributed by atoms with Crippen LogP contribution in [-0.4, -0.2) is 46.5 Å². The van der Waals surface area contributed by atoms with Gasteiger partial charge in [-0.15, -0.1) is 0 Å². The van der Waals surface area contributed by atoms with Crippen LogP contribution < -0.4 is 10.5 Å². The zero-order valence-electron chi connectivity index (χ0n) is 14.9. The molecular weight excluding hydrogens is 318 g/mol. The summed E-state index contributed by atoms with van der Waals surface area (Å²) in [5.41, 5.74) is 5.56. The summed E-state index contributed by atoms with van der Waals surface area (Å²) in [6, 6.07) is 6.68. The van der Waals surface area contributed by atoms with E-state index >= 15 is 0 Å². The summed E-state index contributed by atoms with van der Waals surface area (Å²) < 4.78 is 5.97. The first-order valence-corrected chi connectivity index (χ1v) is 9.15. The molecule has 0 amide bonds. The van der Waals surface area contributed by atoms with Crippen molar-refractivity contribution in [2.75, 3.05) is 13.7 Å². The largest absolute Gasteiger partial charge is 0.508 e. The van der Waals surface area contributed by atoms with Gasteiger partial charge in [0.1, 0.15) is 29.9 Å². The van der Waals surface area contributed by atoms with Gasteiger partial charge in [-0.1, -0.05) is 32.1 Å². The van der Waals surface area contributed by atoms with Crippen molar-refractivity contribution in [3.8, 4) is 11.5 Å². The van der Waals surface area contributed by atoms with E-state index in [0.29, 0.717) is 30.7 Å². The number of hydrogen-bond donors (Lipinski definition) is 3. The number of aromatic hydroxyl groups is 1. The fraction of sp³-hybridized carbons (Fsp3) is 0.632. The molecule has 3 rings (SSSR count). The number of hydrogen-bond acceptors (Lipinski definition) is 6. The number of aliphatic hydroxyl groups is 1. The third-order valence-corrected chi connectivity index (χ3v) is 5.46. The Balaban J connectivity index is 1.77. The topological polar surface area (TPSA) is 91.3 Å². The number of guanidine groups is 1. The van der Waals surface area contributed by atoms with Gasteiger partial charge in [0.05, 0.1) is 0 Å². The molecule has 25 heavy (non-hydrogen) atoms. The lowest BCUT2D eigenvalue weighted by molar-refractivity contribution is 0.00758. The average Bonchev–Trinajstić information content (AvgIpc) is 2.60. The maximum Gasteiger partial charge on any atom is 0.193 e. The molecule has 1 aromatic carbocycles. The molecule has 1 saturated carbocycles. The van der Waals surface area contributed by atoms with Crippen LogP contribution in [0, 0.1) is 5.92 Å². The lowest BCUT2D eigenvalue weighted by Crippen LogP contribution is -2.54. The van der Waals surface area contributed by atoms with Crippen molar-refractivity contribution in [1.82, 2.24) is 4.90 Å². The Labute approximate surface area is 149 Å². The number of phenols is 1. The molecule has 0 radical (unpaired) electrons. The normalized spacial score (nSPS) is 27.8. The second kappa shape index (κ2) is 7.52. The molecule has 6 nitrogen and oxygen atoms in total. The van der Waals surface area contributed by atoms with E-state index in [4.69, 9.17) is 15.5 Å². The number of aliphatic imine (C=N–C) groups is 1. The maximum absolute atomic E-state index is 10.4. The van der Waals surface area contributed by atoms with E-state index in [-0.39, 0.29) is 5.75 Å². The van der Waals surface area contributed by atoms with Crippen LogP contribution in [0.1, 0.15) is 44.9 Å². The summed E-state index contributed by atoms with van der Waals surface area (Å²) in [5, 5.41) is 19.8. The highest BCUT2D eigenvalue weighted by Gasteiger charge is 2.41. The lowest BCUT2D eigenvalue weighted by atomic mass is 9.77. The summed E-state index contributed by atoms with van der Waals surface area (Å²) in [5.74, 6) is 1.86. The molecule has 138 valence electrons. The molecule has 0 aromatic heterocycles. The lowest BCUT2D eigenvalue weighted by Gasteiger charge is -2.42. The molecule has 6 heteroatoms. The summed E-state index contributed by atoms with van der Waals surface area (Å²) in [4.78, 5) is 6.37. The Hall–Kier alpha value is -1.95. The van der Waals surface area contributed by atoms with Gasteiger partial charge in [0.2, 0.25) is 0 Å². The SMILES string of the molecule is CN1C(N)=NC(COc2ccc(O)cc2)(CC2CCCCC2)CC1O. The third-order valence-electron chi connectivity index (χ3n) is 5.46. The Morgan fingerprint density at radius 2 is 1.92 bits per heavy atom. The monoisotopic (exact) mass is 347 g/mol. The minimum absolute atomic E-state index is 0.209. The van der Waals surface area contributed by atoms with Gasteiger partial charge in [-0.25, -0.2) is 4.99 Å². The minimum atomic E-state index is -0.649. The van der Waals surface area contributed by atoms with Crippen LogP contribution in [0.5, 0.6) is 11.5 Å². The molecule has 1 aliphatic carbocycles. The average molecular weight is 347 g/mol. The van der Waals surface area contributed by atoms with Crippen LogP contribution in [0.4, 0.5) is 0 Å². The molecule has 2 atom stereocenters. The van der Waals surface area contributed by atoms with Crippen molar-refractivity contribution in [2.24, 2.45) is 16.6 Å². The summed E-state index contributed by atoms with van der Waals surface area (Å²) in [6.45, 7) is 0.375. The van der Waals surface area contributed by atoms with Crippen molar-refractivity contribution in [3.05, 3.63) is 24.3 Å². The van der Waals surface area contributed by atoms with Crippen LogP contribution in [0.3, 0.4) is 0 Å². The van der Waals surface area contributed by atoms with Crippen molar-refractivity contribution in [1.29, 1.82) is 0 Å². The third kappa shape index (κ3) is 4.37. The number of nitrogens with two attached hydrogens (primary N) is 1. The van der Waals surface area contributed by atoms with E-state index in [0.717, 1.165) is 6.42 Å². The molecule has 1 fully saturated rings. The zero-order chi connectivity index (χ0) is 17.9. The van der Waals surface area contributed by atoms with Crippen molar-refractivity contribution < 1.29 is 14.9 Å². The Kier molecular flexibility index (Phi) is 5.37. The van der Waals surface area contributed by atoms with E-state index in [9.17, 15) is 10.2 Å². The van der Waals surface area contributed by atoms with E-state index in [1.807, 2.05) is 0 Å². The van der Waals surface area contributed by atoms with Gasteiger partial charge < -0.3 is 25.6 Å². The van der Waals surface area contributed by atoms with Gasteiger partial charge in [0, 0.05) is 13.5 Å². The molecule has 2 aliphatic rings. The number of phenolic OH excluding ortho intramolecular Hbond substituents is 1. The molecular formula is C19H29N3O3. The van der Waals surface area contributed by atoms with Gasteiger partial charge in [-0.05, 0) is 36.6 Å². The smallest absolute Gasteiger partial charge is 0.193 e. The first-order valence-electron chi connectivity index (χ1n) is 9.15. The Morgan fingerprint density at radius 3 is 2.56 bits per heavy atom. The molecule has 0 spiro atoms. The van der Waals surface area contributed by atoms with Gasteiger partial charge in [0.25, 0.3) is 0 Å². The molecule has 0 saturated heterocycles. The van der Waals surface area contributed by atoms with E-state index in [1.165, 1.54) is 32.1 Å². The van der Waals surface area contributed by atoms with Crippen LogP contribution in [-0.2, 0) is 0 Å². The Morgan fingerprint density at radius 1 is 1.24 bits per heavy atom. The zero-order valence-corrected chi connectivity index (χ0v) is 14.9. The van der Waals surface area contributed by atoms with Crippen molar-refractivity contribution in [2.45, 2.75) is 56.7 Å². The molecule has 1 heterocycles. The van der Waals surface area contributed by atoms with Gasteiger partial charge >= 0.3 is 0 Å². The summed E-state index contributed by atoms with van der Waals surface area (Å²) in [7, 11) is 1.76. The highest BCUT2D eigenvalue weighted by Crippen LogP contribution is 2.37. The fourth-order valence-electron chi connectivity index (χ4n) is 3.96. The van der Waals surface area contributed by atoms with E-state index in [1.54, 1.807) is 36.2 Å². The van der Waals surface area contributed by atoms with E-state index < -0.39 is 11.8 Å². The number of nitrogens with zero attached hydrogens (tertiary/aromatic N) is 2. The Bertz CT molecular complexity index is 598. The summed E-state index contributed by atoms with van der Waals surface area (Å²) in [6.07, 6.45) is 7.01. The molecule has 0 bridgehead atoms. The number of rotatable bonds is 5. The number of benzene rings is 1. The molecule has 1 aliphatic heterocycles. The van der Waals surface area contributed by atoms with Gasteiger partial charge in [-0.2, -0.15) is 0 Å². The second-order valence-corrected chi connectivity index (χ2v) is 7.48. The van der Waals surface area contributed by atoms with Crippen molar-refractivity contribution in [3.63, 3.8) is 0 Å². The number of ether oxygens (including phenoxy) is 1. The first kappa shape index (κ1) is 17.9. The number of aliphatic hydroxyl groups excluding tert-OH is 1. The predicted octanol–water partition coefficient (Wildman–Crippen LogP) is 2.45. The summed E-state index contributed by atoms with van der Waals surface area (Å²) >= 11 is 0. The standard InChI is InChI=1S/C19H29N3O3/c1-22-17(24)12-19(21-18(22)20,11-14-5-3-2-4-6-14)13-25-16-9-7-15(23)8-10-16/h7-10,14,17,23-24H,2-6,11-13H2,1H3,(H2,20,21). The minimum Gasteiger partial charge on any atom is -0.508 e. The highest BCUT2D eigenvalue weighted by atomic mass is 16.5. The van der Waals surface area contributed by atoms with E-state index in [2.05, 4.69) is 0 Å². The second-order valence-electron chi connectivity index (χ2n) is 7.48. The van der Waals surface area contributed by atoms with Crippen LogP contribution in [0.15, 0.2) is 29.3 Å². The molecule has 4 N–H and O–H groups in total. The van der Waals surface area contributed by atoms with Gasteiger partial charge in [0.15, 0.2) is 5.96 Å². The highest BCUT2D eigenvalue weighted by molar-refractivity contribution is 5.79. The quantitative estimate of drug-likeness (QED) is 0.761. The van der Waals surface area contributed by atoms with Gasteiger partial charge in [-0.3, -0.25) is 0 Å². The van der Waals surface area contributed by atoms with Crippen LogP contribution in [0.25, 0.3) is 0 Å². The first-order chi connectivity index (χ1) is 12.0. The molecule has 2 unspecified atom stereocenters. The maximum atomic E-state index is 10.4.